The highest BCUT2D eigenvalue weighted by atomic mass is 32.2. The Morgan fingerprint density at radius 3 is 1.82 bits per heavy atom. The Bertz CT molecular complexity index is 2820. The van der Waals surface area contributed by atoms with E-state index in [0.29, 0.717) is 32.6 Å². The lowest BCUT2D eigenvalue weighted by Gasteiger charge is -2.36. The molecule has 4 aromatic heterocycles. The Morgan fingerprint density at radius 2 is 1.31 bits per heavy atom. The number of carbonyl (C=O) groups excluding carboxylic acids is 1. The number of morpholine rings is 1. The quantitative estimate of drug-likeness (QED) is 0.125. The van der Waals surface area contributed by atoms with Crippen LogP contribution in [0.1, 0.15) is 62.9 Å². The smallest absolute Gasteiger partial charge is 0.306 e. The van der Waals surface area contributed by atoms with Crippen LogP contribution in [0.25, 0.3) is 20.4 Å². The van der Waals surface area contributed by atoms with Crippen LogP contribution in [0.4, 0.5) is 23.0 Å². The Labute approximate surface area is 375 Å². The molecule has 1 fully saturated rings. The fourth-order valence-corrected chi connectivity index (χ4v) is 12.9. The summed E-state index contributed by atoms with van der Waals surface area (Å²) in [6.45, 7) is 5.52. The molecule has 5 aliphatic rings. The average molecular weight is 904 g/mol. The summed E-state index contributed by atoms with van der Waals surface area (Å²) in [5.74, 6) is 0.930. The number of aliphatic imine (C=N–C) groups is 2. The van der Waals surface area contributed by atoms with Crippen molar-refractivity contribution in [1.29, 1.82) is 0 Å². The van der Waals surface area contributed by atoms with E-state index < -0.39 is 5.97 Å². The molecule has 11 rings (SSSR count). The number of aryl methyl sites for hydroxylation is 2. The largest absolute Gasteiger partial charge is 0.481 e. The molecule has 1 saturated heterocycles. The van der Waals surface area contributed by atoms with Gasteiger partial charge in [0.1, 0.15) is 34.0 Å². The van der Waals surface area contributed by atoms with Gasteiger partial charge in [0.2, 0.25) is 5.91 Å². The van der Waals surface area contributed by atoms with Crippen molar-refractivity contribution in [2.75, 3.05) is 42.9 Å². The highest BCUT2D eigenvalue weighted by Gasteiger charge is 2.35. The first-order valence-electron chi connectivity index (χ1n) is 20.8. The summed E-state index contributed by atoms with van der Waals surface area (Å²) < 4.78 is 5.53. The molecule has 2 aromatic carbocycles. The monoisotopic (exact) mass is 903 g/mol. The zero-order valence-electron chi connectivity index (χ0n) is 34.6. The number of aromatic nitrogens is 4. The Kier molecular flexibility index (Phi) is 11.5. The van der Waals surface area contributed by atoms with Gasteiger partial charge in [-0.2, -0.15) is 0 Å². The molecule has 3 N–H and O–H groups in total. The number of amides is 1. The molecule has 3 atom stereocenters. The van der Waals surface area contributed by atoms with Crippen LogP contribution >= 0.6 is 46.2 Å². The van der Waals surface area contributed by atoms with Crippen LogP contribution < -0.4 is 10.6 Å². The van der Waals surface area contributed by atoms with Crippen molar-refractivity contribution < 1.29 is 19.4 Å². The lowest BCUT2D eigenvalue weighted by Crippen LogP contribution is -2.50. The van der Waals surface area contributed by atoms with Gasteiger partial charge in [0.25, 0.3) is 0 Å². The minimum absolute atomic E-state index is 0.0320. The van der Waals surface area contributed by atoms with Crippen molar-refractivity contribution >= 4 is 114 Å². The van der Waals surface area contributed by atoms with Crippen molar-refractivity contribution in [1.82, 2.24) is 24.8 Å². The van der Waals surface area contributed by atoms with E-state index in [2.05, 4.69) is 84.3 Å². The van der Waals surface area contributed by atoms with Crippen LogP contribution in [0.2, 0.25) is 0 Å². The van der Waals surface area contributed by atoms with Crippen LogP contribution in [-0.4, -0.2) is 92.6 Å². The molecule has 17 heteroatoms. The second kappa shape index (κ2) is 17.3. The van der Waals surface area contributed by atoms with E-state index in [-0.39, 0.29) is 23.8 Å². The first kappa shape index (κ1) is 41.1. The number of thioether (sulfide) groups is 2. The number of ether oxygens (including phenoxy) is 1. The van der Waals surface area contributed by atoms with Crippen molar-refractivity contribution in [3.05, 3.63) is 80.1 Å². The molecule has 62 heavy (non-hydrogen) atoms. The van der Waals surface area contributed by atoms with E-state index in [1.54, 1.807) is 58.9 Å². The number of carbonyl (C=O) groups is 2. The van der Waals surface area contributed by atoms with Gasteiger partial charge in [-0.05, 0) is 116 Å². The first-order chi connectivity index (χ1) is 30.3. The molecule has 6 aromatic rings. The molecule has 0 spiro atoms. The summed E-state index contributed by atoms with van der Waals surface area (Å²) >= 11 is 6.73. The summed E-state index contributed by atoms with van der Waals surface area (Å²) in [5.41, 5.74) is 9.38. The molecule has 0 bridgehead atoms. The fourth-order valence-electron chi connectivity index (χ4n) is 9.19. The third-order valence-corrected chi connectivity index (χ3v) is 16.3. The fraction of sp³-hybridized carbons (Fsp3) is 0.378. The number of hydrogen-bond donors (Lipinski definition) is 3. The Hall–Kier alpha value is -4.94. The zero-order valence-corrected chi connectivity index (χ0v) is 37.8. The Balaban J connectivity index is 0.000000151. The first-order valence-corrected chi connectivity index (χ1v) is 24.9. The molecule has 13 nitrogen and oxygen atoms in total. The highest BCUT2D eigenvalue weighted by molar-refractivity contribution is 7.99. The van der Waals surface area contributed by atoms with Crippen LogP contribution in [0, 0.1) is 11.8 Å². The van der Waals surface area contributed by atoms with Gasteiger partial charge in [-0.1, -0.05) is 0 Å². The standard InChI is InChI=1S/C25H27N5O2S2.C20H18N4O2S2/c1-14-12-32-6-5-30(14)25(31)15-3-4-18-20(8-15)34-24-22(18)23(27-13-28-24)29-19-7-16-10-26-11-17(16)9-21(19)33-2;1-27-16-6-12-8-21-7-11(12)4-14(16)24-18-17-13-3-2-10(20(25)26)5-15(13)28-19(17)23-9-22-18/h7,9-10,13-15H,3-6,8,11-12H2,1-2H3,(H,27,28,29);4,6-7,9-10H,2-3,5,8H2,1H3,(H,25,26)(H,22,23,24)/t14-,15+;10-/m10/s1. The molecule has 7 heterocycles. The number of hydrogen-bond acceptors (Lipinski definition) is 15. The van der Waals surface area contributed by atoms with E-state index in [4.69, 9.17) is 4.74 Å². The van der Waals surface area contributed by atoms with Gasteiger partial charge in [0.15, 0.2) is 0 Å². The number of benzene rings is 2. The average Bonchev–Trinajstić information content (AvgIpc) is 4.10. The van der Waals surface area contributed by atoms with E-state index in [1.165, 1.54) is 32.0 Å². The van der Waals surface area contributed by atoms with E-state index in [9.17, 15) is 14.7 Å². The number of carboxylic acid groups (broad SMARTS) is 1. The predicted octanol–water partition coefficient (Wildman–Crippen LogP) is 8.72. The summed E-state index contributed by atoms with van der Waals surface area (Å²) in [4.78, 5) is 60.3. The molecular weight excluding hydrogens is 859 g/mol. The maximum atomic E-state index is 13.3. The molecule has 0 unspecified atom stereocenters. The van der Waals surface area contributed by atoms with Crippen LogP contribution in [-0.2, 0) is 53.1 Å². The van der Waals surface area contributed by atoms with Crippen molar-refractivity contribution in [3.8, 4) is 0 Å². The van der Waals surface area contributed by atoms with Gasteiger partial charge < -0.3 is 25.4 Å². The van der Waals surface area contributed by atoms with E-state index in [1.807, 2.05) is 17.3 Å². The number of rotatable bonds is 8. The number of nitrogens with one attached hydrogen (secondary N) is 2. The second-order valence-corrected chi connectivity index (χ2v) is 20.0. The molecule has 0 saturated carbocycles. The summed E-state index contributed by atoms with van der Waals surface area (Å²) in [5, 5.41) is 18.6. The van der Waals surface area contributed by atoms with Gasteiger partial charge in [-0.15, -0.1) is 46.2 Å². The number of nitrogens with zero attached hydrogens (tertiary/aromatic N) is 7. The van der Waals surface area contributed by atoms with Gasteiger partial charge in [-0.3, -0.25) is 19.6 Å². The minimum atomic E-state index is -0.711. The van der Waals surface area contributed by atoms with Gasteiger partial charge in [0.05, 0.1) is 60.4 Å². The number of thiophene rings is 2. The minimum Gasteiger partial charge on any atom is -0.481 e. The lowest BCUT2D eigenvalue weighted by atomic mass is 9.86. The van der Waals surface area contributed by atoms with Gasteiger partial charge in [-0.25, -0.2) is 19.9 Å². The molecular formula is C45H45N9O4S4. The van der Waals surface area contributed by atoms with Crippen molar-refractivity contribution in [3.63, 3.8) is 0 Å². The van der Waals surface area contributed by atoms with E-state index >= 15 is 0 Å². The molecule has 0 radical (unpaired) electrons. The maximum Gasteiger partial charge on any atom is 0.306 e. The molecule has 1 amide bonds. The van der Waals surface area contributed by atoms with Crippen LogP contribution in [0.5, 0.6) is 0 Å². The number of aliphatic carboxylic acids is 1. The SMILES string of the molecule is CSc1cc2c(cc1Nc1ncnc3sc4c(c13)CC[C@H](C(=O)N1CCOC[C@H]1C)C4)C=NC2.CSc1cc2c(cc1Nc1ncnc3sc4c(c13)CC[C@H](C(=O)O)C4)C=NC2. The normalized spacial score (nSPS) is 19.7. The predicted molar refractivity (Wildman–Crippen MR) is 251 cm³/mol. The number of fused-ring (bicyclic) bond motifs is 8. The van der Waals surface area contributed by atoms with E-state index in [0.717, 1.165) is 103 Å². The lowest BCUT2D eigenvalue weighted by molar-refractivity contribution is -0.144. The summed E-state index contributed by atoms with van der Waals surface area (Å²) in [6.07, 6.45) is 15.7. The van der Waals surface area contributed by atoms with Crippen LogP contribution in [0.15, 0.2) is 56.7 Å². The Morgan fingerprint density at radius 1 is 0.774 bits per heavy atom. The highest BCUT2D eigenvalue weighted by Crippen LogP contribution is 2.44. The zero-order chi connectivity index (χ0) is 42.5. The third-order valence-electron chi connectivity index (χ3n) is 12.5. The number of carboxylic acids is 1. The van der Waals surface area contributed by atoms with Crippen molar-refractivity contribution in [2.45, 2.75) is 74.4 Å². The maximum absolute atomic E-state index is 13.3. The molecule has 318 valence electrons. The van der Waals surface area contributed by atoms with Gasteiger partial charge >= 0.3 is 5.97 Å². The second-order valence-electron chi connectivity index (χ2n) is 16.2. The van der Waals surface area contributed by atoms with Crippen LogP contribution in [0.3, 0.4) is 0 Å². The topological polar surface area (TPSA) is 167 Å². The van der Waals surface area contributed by atoms with Crippen molar-refractivity contribution in [2.24, 2.45) is 21.8 Å². The molecule has 2 aliphatic carbocycles. The molecule has 3 aliphatic heterocycles. The van der Waals surface area contributed by atoms with Gasteiger partial charge in [0, 0.05) is 44.4 Å². The summed E-state index contributed by atoms with van der Waals surface area (Å²) in [7, 11) is 0. The summed E-state index contributed by atoms with van der Waals surface area (Å²) in [6, 6.07) is 8.86. The third kappa shape index (κ3) is 7.75. The number of anilines is 4.